The van der Waals surface area contributed by atoms with Crippen molar-refractivity contribution in [3.63, 3.8) is 0 Å². The topological polar surface area (TPSA) is 54.2 Å². The third-order valence-corrected chi connectivity index (χ3v) is 4.01. The fourth-order valence-corrected chi connectivity index (χ4v) is 2.89. The van der Waals surface area contributed by atoms with Crippen LogP contribution in [0, 0.1) is 0 Å². The number of rotatable bonds is 4. The largest absolute Gasteiger partial charge is 0.396 e. The van der Waals surface area contributed by atoms with E-state index >= 15 is 0 Å². The fraction of sp³-hybridized carbons (Fsp3) is 0.615. The summed E-state index contributed by atoms with van der Waals surface area (Å²) in [7, 11) is 0. The molecular weight excluding hydrogens is 292 g/mol. The van der Waals surface area contributed by atoms with Crippen LogP contribution in [0.2, 0.25) is 0 Å². The number of pyridine rings is 1. The maximum absolute atomic E-state index is 5.95. The number of halogens is 1. The molecule has 0 spiro atoms. The van der Waals surface area contributed by atoms with Gasteiger partial charge in [-0.1, -0.05) is 6.92 Å². The molecule has 1 aromatic heterocycles. The van der Waals surface area contributed by atoms with Crippen LogP contribution < -0.4 is 11.1 Å². The van der Waals surface area contributed by atoms with Crippen LogP contribution in [0.15, 0.2) is 16.9 Å². The minimum atomic E-state index is 0.513. The van der Waals surface area contributed by atoms with Crippen molar-refractivity contribution in [3.05, 3.63) is 16.9 Å². The van der Waals surface area contributed by atoms with E-state index in [9.17, 15) is 0 Å². The van der Waals surface area contributed by atoms with Crippen molar-refractivity contribution in [2.75, 3.05) is 30.7 Å². The fourth-order valence-electron chi connectivity index (χ4n) is 2.42. The van der Waals surface area contributed by atoms with Gasteiger partial charge in [0.15, 0.2) is 0 Å². The quantitative estimate of drug-likeness (QED) is 0.897. The van der Waals surface area contributed by atoms with E-state index in [1.165, 1.54) is 38.9 Å². The highest BCUT2D eigenvalue weighted by Gasteiger charge is 2.19. The Balaban J connectivity index is 1.92. The van der Waals surface area contributed by atoms with Crippen molar-refractivity contribution >= 4 is 27.3 Å². The molecule has 1 aliphatic heterocycles. The predicted molar refractivity (Wildman–Crippen MR) is 79.7 cm³/mol. The van der Waals surface area contributed by atoms with E-state index in [2.05, 4.69) is 38.1 Å². The standard InChI is InChI=1S/C13H21BrN4/c1-2-5-18-6-3-10(4-7-18)17-13-11(14)8-16-9-12(13)15/h8-10H,2-7,15H2,1H3,(H,16,17). The van der Waals surface area contributed by atoms with Crippen molar-refractivity contribution in [2.24, 2.45) is 0 Å². The summed E-state index contributed by atoms with van der Waals surface area (Å²) in [4.78, 5) is 6.58. The van der Waals surface area contributed by atoms with E-state index in [0.29, 0.717) is 11.7 Å². The molecule has 3 N–H and O–H groups in total. The molecule has 0 amide bonds. The van der Waals surface area contributed by atoms with Crippen LogP contribution >= 0.6 is 15.9 Å². The van der Waals surface area contributed by atoms with Gasteiger partial charge in [-0.15, -0.1) is 0 Å². The first-order chi connectivity index (χ1) is 8.70. The molecule has 0 bridgehead atoms. The minimum Gasteiger partial charge on any atom is -0.396 e. The molecule has 1 saturated heterocycles. The second-order valence-corrected chi connectivity index (χ2v) is 5.70. The van der Waals surface area contributed by atoms with Gasteiger partial charge in [0.2, 0.25) is 0 Å². The first kappa shape index (κ1) is 13.6. The van der Waals surface area contributed by atoms with Crippen molar-refractivity contribution in [2.45, 2.75) is 32.2 Å². The van der Waals surface area contributed by atoms with E-state index in [-0.39, 0.29) is 0 Å². The lowest BCUT2D eigenvalue weighted by Gasteiger charge is -2.33. The van der Waals surface area contributed by atoms with Crippen molar-refractivity contribution in [1.29, 1.82) is 0 Å². The summed E-state index contributed by atoms with van der Waals surface area (Å²) in [5.41, 5.74) is 7.64. The molecular formula is C13H21BrN4. The van der Waals surface area contributed by atoms with Gasteiger partial charge in [-0.3, -0.25) is 4.98 Å². The van der Waals surface area contributed by atoms with Gasteiger partial charge >= 0.3 is 0 Å². The zero-order valence-electron chi connectivity index (χ0n) is 10.8. The monoisotopic (exact) mass is 312 g/mol. The zero-order valence-corrected chi connectivity index (χ0v) is 12.4. The molecule has 0 unspecified atom stereocenters. The SMILES string of the molecule is CCCN1CCC(Nc2c(N)cncc2Br)CC1. The molecule has 0 atom stereocenters. The second kappa shape index (κ2) is 6.38. The van der Waals surface area contributed by atoms with Gasteiger partial charge in [-0.2, -0.15) is 0 Å². The van der Waals surface area contributed by atoms with Crippen LogP contribution in [0.4, 0.5) is 11.4 Å². The van der Waals surface area contributed by atoms with E-state index in [0.717, 1.165) is 10.2 Å². The van der Waals surface area contributed by atoms with Crippen LogP contribution in [0.3, 0.4) is 0 Å². The van der Waals surface area contributed by atoms with Crippen LogP contribution in [0.1, 0.15) is 26.2 Å². The average molecular weight is 313 g/mol. The summed E-state index contributed by atoms with van der Waals surface area (Å²) in [6, 6.07) is 0.513. The van der Waals surface area contributed by atoms with E-state index in [4.69, 9.17) is 5.73 Å². The number of nitrogen functional groups attached to an aromatic ring is 1. The van der Waals surface area contributed by atoms with Gasteiger partial charge in [-0.25, -0.2) is 0 Å². The summed E-state index contributed by atoms with van der Waals surface area (Å²) in [6.07, 6.45) is 7.06. The van der Waals surface area contributed by atoms with Crippen LogP contribution in [-0.2, 0) is 0 Å². The Kier molecular flexibility index (Phi) is 4.83. The average Bonchev–Trinajstić information content (AvgIpc) is 2.36. The Morgan fingerprint density at radius 2 is 2.17 bits per heavy atom. The van der Waals surface area contributed by atoms with Crippen LogP contribution in [-0.4, -0.2) is 35.6 Å². The molecule has 4 nitrogen and oxygen atoms in total. The lowest BCUT2D eigenvalue weighted by atomic mass is 10.0. The first-order valence-electron chi connectivity index (χ1n) is 6.58. The van der Waals surface area contributed by atoms with E-state index < -0.39 is 0 Å². The summed E-state index contributed by atoms with van der Waals surface area (Å²) >= 11 is 3.50. The zero-order chi connectivity index (χ0) is 13.0. The van der Waals surface area contributed by atoms with Gasteiger partial charge in [0.25, 0.3) is 0 Å². The Labute approximate surface area is 117 Å². The maximum Gasteiger partial charge on any atom is 0.0752 e. The molecule has 1 aliphatic rings. The van der Waals surface area contributed by atoms with Crippen LogP contribution in [0.25, 0.3) is 0 Å². The van der Waals surface area contributed by atoms with Gasteiger partial charge in [-0.05, 0) is 41.7 Å². The number of likely N-dealkylation sites (tertiary alicyclic amines) is 1. The molecule has 0 radical (unpaired) electrons. The Morgan fingerprint density at radius 3 is 2.78 bits per heavy atom. The number of hydrogen-bond acceptors (Lipinski definition) is 4. The van der Waals surface area contributed by atoms with Crippen molar-refractivity contribution in [3.8, 4) is 0 Å². The molecule has 5 heteroatoms. The van der Waals surface area contributed by atoms with E-state index in [1.54, 1.807) is 12.4 Å². The number of anilines is 2. The maximum atomic E-state index is 5.95. The lowest BCUT2D eigenvalue weighted by Crippen LogP contribution is -2.39. The molecule has 2 heterocycles. The van der Waals surface area contributed by atoms with Crippen molar-refractivity contribution in [1.82, 2.24) is 9.88 Å². The molecule has 100 valence electrons. The number of nitrogens with two attached hydrogens (primary N) is 1. The smallest absolute Gasteiger partial charge is 0.0752 e. The number of aromatic nitrogens is 1. The third-order valence-electron chi connectivity index (χ3n) is 3.40. The summed E-state index contributed by atoms with van der Waals surface area (Å²) in [5.74, 6) is 0. The van der Waals surface area contributed by atoms with Crippen LogP contribution in [0.5, 0.6) is 0 Å². The summed E-state index contributed by atoms with van der Waals surface area (Å²) in [6.45, 7) is 5.80. The van der Waals surface area contributed by atoms with Gasteiger partial charge in [0.1, 0.15) is 0 Å². The normalized spacial score (nSPS) is 17.9. The number of piperidine rings is 1. The second-order valence-electron chi connectivity index (χ2n) is 4.85. The minimum absolute atomic E-state index is 0.513. The highest BCUT2D eigenvalue weighted by Crippen LogP contribution is 2.29. The van der Waals surface area contributed by atoms with Crippen molar-refractivity contribution < 1.29 is 0 Å². The number of hydrogen-bond donors (Lipinski definition) is 2. The number of nitrogens with one attached hydrogen (secondary N) is 1. The molecule has 0 aromatic carbocycles. The lowest BCUT2D eigenvalue weighted by molar-refractivity contribution is 0.219. The molecule has 0 aliphatic carbocycles. The molecule has 1 aromatic rings. The third kappa shape index (κ3) is 3.36. The Bertz CT molecular complexity index is 368. The van der Waals surface area contributed by atoms with Gasteiger partial charge in [0, 0.05) is 25.3 Å². The predicted octanol–water partition coefficient (Wildman–Crippen LogP) is 2.71. The summed E-state index contributed by atoms with van der Waals surface area (Å²) < 4.78 is 0.943. The highest BCUT2D eigenvalue weighted by molar-refractivity contribution is 9.10. The first-order valence-corrected chi connectivity index (χ1v) is 7.38. The molecule has 1 fully saturated rings. The van der Waals surface area contributed by atoms with Gasteiger partial charge < -0.3 is 16.0 Å². The number of nitrogens with zero attached hydrogens (tertiary/aromatic N) is 2. The Hall–Kier alpha value is -0.810. The Morgan fingerprint density at radius 1 is 1.44 bits per heavy atom. The van der Waals surface area contributed by atoms with Gasteiger partial charge in [0.05, 0.1) is 22.0 Å². The molecule has 18 heavy (non-hydrogen) atoms. The van der Waals surface area contributed by atoms with E-state index in [1.807, 2.05) is 0 Å². The molecule has 2 rings (SSSR count). The molecule has 0 saturated carbocycles. The highest BCUT2D eigenvalue weighted by atomic mass is 79.9. The summed E-state index contributed by atoms with van der Waals surface area (Å²) in [5, 5.41) is 3.54.